The average molecular weight is 163 g/mol. The fourth-order valence-corrected chi connectivity index (χ4v) is 1.02. The van der Waals surface area contributed by atoms with E-state index in [9.17, 15) is 0 Å². The van der Waals surface area contributed by atoms with E-state index in [1.165, 1.54) is 0 Å². The van der Waals surface area contributed by atoms with E-state index in [-0.39, 0.29) is 5.75 Å². The molecule has 0 aromatic heterocycles. The lowest BCUT2D eigenvalue weighted by Gasteiger charge is -2.03. The molecule has 0 amide bonds. The third kappa shape index (κ3) is 2.10. The SMILES string of the molecule is C=C(CCN)c1ccc(O)cc1. The number of phenols is 1. The van der Waals surface area contributed by atoms with Crippen LogP contribution >= 0.6 is 0 Å². The molecular weight excluding hydrogens is 150 g/mol. The molecule has 0 atom stereocenters. The van der Waals surface area contributed by atoms with Crippen molar-refractivity contribution in [3.8, 4) is 5.75 Å². The number of nitrogens with two attached hydrogens (primary N) is 1. The maximum atomic E-state index is 9.01. The van der Waals surface area contributed by atoms with Crippen LogP contribution in [0.2, 0.25) is 0 Å². The molecule has 64 valence electrons. The van der Waals surface area contributed by atoms with Crippen LogP contribution < -0.4 is 5.73 Å². The van der Waals surface area contributed by atoms with Crippen molar-refractivity contribution < 1.29 is 5.11 Å². The monoisotopic (exact) mass is 163 g/mol. The van der Waals surface area contributed by atoms with Crippen LogP contribution in [0.15, 0.2) is 30.8 Å². The van der Waals surface area contributed by atoms with Crippen molar-refractivity contribution in [2.75, 3.05) is 6.54 Å². The summed E-state index contributed by atoms with van der Waals surface area (Å²) in [5.41, 5.74) is 7.44. The second-order valence-corrected chi connectivity index (χ2v) is 2.69. The van der Waals surface area contributed by atoms with Gasteiger partial charge in [0.25, 0.3) is 0 Å². The molecule has 0 unspecified atom stereocenters. The lowest BCUT2D eigenvalue weighted by molar-refractivity contribution is 0.475. The molecule has 0 saturated heterocycles. The lowest BCUT2D eigenvalue weighted by atomic mass is 10.1. The highest BCUT2D eigenvalue weighted by atomic mass is 16.3. The number of aromatic hydroxyl groups is 1. The Hall–Kier alpha value is -1.28. The molecular formula is C10H13NO. The quantitative estimate of drug-likeness (QED) is 0.713. The van der Waals surface area contributed by atoms with E-state index in [0.29, 0.717) is 6.54 Å². The van der Waals surface area contributed by atoms with Crippen LogP contribution in [-0.4, -0.2) is 11.7 Å². The Morgan fingerprint density at radius 3 is 2.42 bits per heavy atom. The van der Waals surface area contributed by atoms with Crippen LogP contribution in [0.25, 0.3) is 5.57 Å². The summed E-state index contributed by atoms with van der Waals surface area (Å²) >= 11 is 0. The van der Waals surface area contributed by atoms with E-state index >= 15 is 0 Å². The van der Waals surface area contributed by atoms with Crippen molar-refractivity contribution in [1.82, 2.24) is 0 Å². The van der Waals surface area contributed by atoms with Gasteiger partial charge in [0, 0.05) is 0 Å². The van der Waals surface area contributed by atoms with E-state index in [1.807, 2.05) is 12.1 Å². The van der Waals surface area contributed by atoms with Gasteiger partial charge in [-0.1, -0.05) is 18.7 Å². The molecule has 0 bridgehead atoms. The summed E-state index contributed by atoms with van der Waals surface area (Å²) in [6, 6.07) is 6.98. The fourth-order valence-electron chi connectivity index (χ4n) is 1.02. The Morgan fingerprint density at radius 2 is 1.92 bits per heavy atom. The molecule has 1 aromatic carbocycles. The molecule has 0 aliphatic carbocycles. The number of hydrogen-bond donors (Lipinski definition) is 2. The molecule has 12 heavy (non-hydrogen) atoms. The molecule has 2 heteroatoms. The summed E-state index contributed by atoms with van der Waals surface area (Å²) in [5, 5.41) is 9.01. The Balaban J connectivity index is 2.75. The van der Waals surface area contributed by atoms with Crippen LogP contribution in [0.5, 0.6) is 5.75 Å². The zero-order chi connectivity index (χ0) is 8.97. The minimum absolute atomic E-state index is 0.277. The van der Waals surface area contributed by atoms with Crippen molar-refractivity contribution in [2.45, 2.75) is 6.42 Å². The molecule has 0 spiro atoms. The van der Waals surface area contributed by atoms with Gasteiger partial charge in [0.15, 0.2) is 0 Å². The Morgan fingerprint density at radius 1 is 1.33 bits per heavy atom. The van der Waals surface area contributed by atoms with Gasteiger partial charge in [-0.25, -0.2) is 0 Å². The van der Waals surface area contributed by atoms with E-state index in [0.717, 1.165) is 17.6 Å². The molecule has 0 fully saturated rings. The summed E-state index contributed by atoms with van der Waals surface area (Å²) in [7, 11) is 0. The van der Waals surface area contributed by atoms with E-state index in [4.69, 9.17) is 10.8 Å². The Labute approximate surface area is 72.3 Å². The first-order valence-corrected chi connectivity index (χ1v) is 3.91. The minimum atomic E-state index is 0.277. The predicted octanol–water partition coefficient (Wildman–Crippen LogP) is 1.75. The van der Waals surface area contributed by atoms with Gasteiger partial charge in [-0.2, -0.15) is 0 Å². The van der Waals surface area contributed by atoms with E-state index < -0.39 is 0 Å². The van der Waals surface area contributed by atoms with Gasteiger partial charge in [-0.3, -0.25) is 0 Å². The normalized spacial score (nSPS) is 9.75. The summed E-state index contributed by atoms with van der Waals surface area (Å²) in [4.78, 5) is 0. The van der Waals surface area contributed by atoms with E-state index in [1.54, 1.807) is 12.1 Å². The highest BCUT2D eigenvalue weighted by Crippen LogP contribution is 2.18. The van der Waals surface area contributed by atoms with Crippen LogP contribution in [0.4, 0.5) is 0 Å². The topological polar surface area (TPSA) is 46.2 Å². The van der Waals surface area contributed by atoms with E-state index in [2.05, 4.69) is 6.58 Å². The first-order valence-electron chi connectivity index (χ1n) is 3.91. The highest BCUT2D eigenvalue weighted by Gasteiger charge is 1.96. The fraction of sp³-hybridized carbons (Fsp3) is 0.200. The summed E-state index contributed by atoms with van der Waals surface area (Å²) in [6.07, 6.45) is 0.796. The van der Waals surface area contributed by atoms with Crippen LogP contribution in [-0.2, 0) is 0 Å². The third-order valence-corrected chi connectivity index (χ3v) is 1.72. The molecule has 1 aromatic rings. The first-order chi connectivity index (χ1) is 5.74. The molecule has 0 aliphatic rings. The number of benzene rings is 1. The highest BCUT2D eigenvalue weighted by molar-refractivity contribution is 5.63. The maximum absolute atomic E-state index is 9.01. The van der Waals surface area contributed by atoms with Gasteiger partial charge < -0.3 is 10.8 Å². The van der Waals surface area contributed by atoms with Crippen molar-refractivity contribution in [3.63, 3.8) is 0 Å². The van der Waals surface area contributed by atoms with Gasteiger partial charge in [-0.15, -0.1) is 0 Å². The number of hydrogen-bond acceptors (Lipinski definition) is 2. The van der Waals surface area contributed by atoms with Crippen molar-refractivity contribution in [3.05, 3.63) is 36.4 Å². The van der Waals surface area contributed by atoms with Crippen LogP contribution in [0.3, 0.4) is 0 Å². The zero-order valence-corrected chi connectivity index (χ0v) is 6.96. The standard InChI is InChI=1S/C10H13NO/c1-8(6-7-11)9-2-4-10(12)5-3-9/h2-5,12H,1,6-7,11H2. The molecule has 0 saturated carbocycles. The van der Waals surface area contributed by atoms with Crippen LogP contribution in [0.1, 0.15) is 12.0 Å². The van der Waals surface area contributed by atoms with Crippen molar-refractivity contribution in [1.29, 1.82) is 0 Å². The maximum Gasteiger partial charge on any atom is 0.115 e. The van der Waals surface area contributed by atoms with Gasteiger partial charge in [0.2, 0.25) is 0 Å². The number of rotatable bonds is 3. The minimum Gasteiger partial charge on any atom is -0.508 e. The lowest BCUT2D eigenvalue weighted by Crippen LogP contribution is -1.98. The Kier molecular flexibility index (Phi) is 2.88. The largest absolute Gasteiger partial charge is 0.508 e. The smallest absolute Gasteiger partial charge is 0.115 e. The number of phenolic OH excluding ortho intramolecular Hbond substituents is 1. The summed E-state index contributed by atoms with van der Waals surface area (Å²) in [5.74, 6) is 0.277. The predicted molar refractivity (Wildman–Crippen MR) is 50.8 cm³/mol. The van der Waals surface area contributed by atoms with Gasteiger partial charge in [0.1, 0.15) is 5.75 Å². The first kappa shape index (κ1) is 8.81. The molecule has 2 nitrogen and oxygen atoms in total. The third-order valence-electron chi connectivity index (χ3n) is 1.72. The molecule has 0 heterocycles. The average Bonchev–Trinajstić information content (AvgIpc) is 2.06. The Bertz CT molecular complexity index is 264. The summed E-state index contributed by atoms with van der Waals surface area (Å²) in [6.45, 7) is 4.49. The van der Waals surface area contributed by atoms with Gasteiger partial charge >= 0.3 is 0 Å². The van der Waals surface area contributed by atoms with Crippen LogP contribution in [0, 0.1) is 0 Å². The van der Waals surface area contributed by atoms with Crippen molar-refractivity contribution in [2.24, 2.45) is 5.73 Å². The molecule has 1 rings (SSSR count). The molecule has 3 N–H and O–H groups in total. The van der Waals surface area contributed by atoms with Crippen molar-refractivity contribution >= 4 is 5.57 Å². The summed E-state index contributed by atoms with van der Waals surface area (Å²) < 4.78 is 0. The van der Waals surface area contributed by atoms with Gasteiger partial charge in [0.05, 0.1) is 0 Å². The zero-order valence-electron chi connectivity index (χ0n) is 6.96. The second kappa shape index (κ2) is 3.93. The molecule has 0 radical (unpaired) electrons. The molecule has 0 aliphatic heterocycles. The van der Waals surface area contributed by atoms with Gasteiger partial charge in [-0.05, 0) is 36.2 Å². The second-order valence-electron chi connectivity index (χ2n) is 2.69.